The Hall–Kier alpha value is 0.430. The van der Waals surface area contributed by atoms with Crippen molar-refractivity contribution in [2.24, 2.45) is 5.41 Å². The van der Waals surface area contributed by atoms with E-state index in [0.29, 0.717) is 5.41 Å². The first kappa shape index (κ1) is 12.5. The third-order valence-electron chi connectivity index (χ3n) is 1.65. The van der Waals surface area contributed by atoms with E-state index in [2.05, 4.69) is 48.1 Å². The average Bonchev–Trinajstić information content (AvgIpc) is 2.28. The molecule has 4 heteroatoms. The fraction of sp³-hybridized carbons (Fsp3) is 0.600. The molecule has 0 radical (unpaired) electrons. The Kier molecular flexibility index (Phi) is 4.44. The predicted molar refractivity (Wildman–Crippen MR) is 68.2 cm³/mol. The summed E-state index contributed by atoms with van der Waals surface area (Å²) in [4.78, 5) is 1.27. The third-order valence-corrected chi connectivity index (χ3v) is 4.13. The van der Waals surface area contributed by atoms with Crippen LogP contribution in [0.25, 0.3) is 0 Å². The highest BCUT2D eigenvalue weighted by molar-refractivity contribution is 9.10. The van der Waals surface area contributed by atoms with Crippen molar-refractivity contribution >= 4 is 38.9 Å². The molecule has 0 aliphatic carbocycles. The maximum atomic E-state index is 5.94. The Morgan fingerprint density at radius 1 is 1.50 bits per heavy atom. The van der Waals surface area contributed by atoms with Gasteiger partial charge in [-0.25, -0.2) is 0 Å². The SMILES string of the molecule is CC(C)(C)CNCc1cc(Br)c(Cl)s1. The molecule has 0 amide bonds. The van der Waals surface area contributed by atoms with Gasteiger partial charge in [0.25, 0.3) is 0 Å². The first-order valence-electron chi connectivity index (χ1n) is 4.53. The molecular weight excluding hydrogens is 282 g/mol. The molecule has 0 bridgehead atoms. The summed E-state index contributed by atoms with van der Waals surface area (Å²) in [5.41, 5.74) is 0.332. The second kappa shape index (κ2) is 4.97. The summed E-state index contributed by atoms with van der Waals surface area (Å²) in [5, 5.41) is 3.41. The second-order valence-electron chi connectivity index (χ2n) is 4.50. The third kappa shape index (κ3) is 4.30. The molecular formula is C10H15BrClNS. The fourth-order valence-electron chi connectivity index (χ4n) is 1.04. The van der Waals surface area contributed by atoms with Crippen LogP contribution in [0.4, 0.5) is 0 Å². The van der Waals surface area contributed by atoms with Gasteiger partial charge in [0.2, 0.25) is 0 Å². The maximum Gasteiger partial charge on any atom is 0.107 e. The van der Waals surface area contributed by atoms with E-state index in [4.69, 9.17) is 11.6 Å². The van der Waals surface area contributed by atoms with Crippen LogP contribution < -0.4 is 5.32 Å². The molecule has 0 saturated heterocycles. The zero-order chi connectivity index (χ0) is 10.8. The van der Waals surface area contributed by atoms with E-state index in [1.807, 2.05) is 0 Å². The van der Waals surface area contributed by atoms with E-state index in [0.717, 1.165) is 21.9 Å². The topological polar surface area (TPSA) is 12.0 Å². The van der Waals surface area contributed by atoms with E-state index < -0.39 is 0 Å². The fourth-order valence-corrected chi connectivity index (χ4v) is 2.80. The largest absolute Gasteiger partial charge is 0.311 e. The van der Waals surface area contributed by atoms with Crippen LogP contribution in [-0.2, 0) is 6.54 Å². The van der Waals surface area contributed by atoms with Gasteiger partial charge < -0.3 is 5.32 Å². The van der Waals surface area contributed by atoms with Crippen molar-refractivity contribution in [3.63, 3.8) is 0 Å². The van der Waals surface area contributed by atoms with Gasteiger partial charge in [0, 0.05) is 22.4 Å². The quantitative estimate of drug-likeness (QED) is 0.877. The lowest BCUT2D eigenvalue weighted by Crippen LogP contribution is -2.26. The zero-order valence-corrected chi connectivity index (χ0v) is 11.8. The summed E-state index contributed by atoms with van der Waals surface area (Å²) >= 11 is 11.0. The summed E-state index contributed by atoms with van der Waals surface area (Å²) in [5.74, 6) is 0. The van der Waals surface area contributed by atoms with Crippen molar-refractivity contribution in [1.29, 1.82) is 0 Å². The summed E-state index contributed by atoms with van der Waals surface area (Å²) in [6.45, 7) is 8.57. The molecule has 1 aromatic rings. The lowest BCUT2D eigenvalue weighted by Gasteiger charge is -2.18. The van der Waals surface area contributed by atoms with Gasteiger partial charge in [0.1, 0.15) is 4.34 Å². The smallest absolute Gasteiger partial charge is 0.107 e. The Balaban J connectivity index is 2.39. The Bertz CT molecular complexity index is 284. The lowest BCUT2D eigenvalue weighted by molar-refractivity contribution is 0.380. The van der Waals surface area contributed by atoms with E-state index in [-0.39, 0.29) is 0 Å². The summed E-state index contributed by atoms with van der Waals surface area (Å²) in [7, 11) is 0. The van der Waals surface area contributed by atoms with Gasteiger partial charge in [0.05, 0.1) is 0 Å². The van der Waals surface area contributed by atoms with Crippen LogP contribution in [0.15, 0.2) is 10.5 Å². The highest BCUT2D eigenvalue weighted by Gasteiger charge is 2.10. The van der Waals surface area contributed by atoms with Crippen molar-refractivity contribution in [3.05, 3.63) is 19.8 Å². The first-order valence-corrected chi connectivity index (χ1v) is 6.52. The van der Waals surface area contributed by atoms with Crippen LogP contribution >= 0.6 is 38.9 Å². The van der Waals surface area contributed by atoms with Gasteiger partial charge in [-0.3, -0.25) is 0 Å². The zero-order valence-electron chi connectivity index (χ0n) is 8.66. The molecule has 0 fully saturated rings. The van der Waals surface area contributed by atoms with Crippen LogP contribution in [0, 0.1) is 5.41 Å². The molecule has 0 aliphatic rings. The van der Waals surface area contributed by atoms with Crippen molar-refractivity contribution in [3.8, 4) is 0 Å². The number of nitrogens with one attached hydrogen (secondary N) is 1. The minimum atomic E-state index is 0.332. The number of hydrogen-bond donors (Lipinski definition) is 1. The van der Waals surface area contributed by atoms with Crippen molar-refractivity contribution in [2.45, 2.75) is 27.3 Å². The standard InChI is InChI=1S/C10H15BrClNS/c1-10(2,3)6-13-5-7-4-8(11)9(12)14-7/h4,13H,5-6H2,1-3H3. The monoisotopic (exact) mass is 295 g/mol. The van der Waals surface area contributed by atoms with Gasteiger partial charge in [-0.15, -0.1) is 11.3 Å². The molecule has 1 heterocycles. The summed E-state index contributed by atoms with van der Waals surface area (Å²) < 4.78 is 1.83. The lowest BCUT2D eigenvalue weighted by atomic mass is 9.97. The number of thiophene rings is 1. The molecule has 1 aromatic heterocycles. The normalized spacial score (nSPS) is 12.1. The Morgan fingerprint density at radius 3 is 2.57 bits per heavy atom. The van der Waals surface area contributed by atoms with Gasteiger partial charge in [-0.2, -0.15) is 0 Å². The Labute approximate surface area is 103 Å². The van der Waals surface area contributed by atoms with Crippen LogP contribution in [0.2, 0.25) is 4.34 Å². The minimum absolute atomic E-state index is 0.332. The number of hydrogen-bond acceptors (Lipinski definition) is 2. The van der Waals surface area contributed by atoms with Crippen LogP contribution in [0.1, 0.15) is 25.6 Å². The highest BCUT2D eigenvalue weighted by Crippen LogP contribution is 2.31. The molecule has 0 spiro atoms. The van der Waals surface area contributed by atoms with Crippen molar-refractivity contribution in [2.75, 3.05) is 6.54 Å². The van der Waals surface area contributed by atoms with Gasteiger partial charge >= 0.3 is 0 Å². The van der Waals surface area contributed by atoms with E-state index in [1.165, 1.54) is 4.88 Å². The summed E-state index contributed by atoms with van der Waals surface area (Å²) in [6.07, 6.45) is 0. The van der Waals surface area contributed by atoms with Gasteiger partial charge in [-0.1, -0.05) is 32.4 Å². The molecule has 80 valence electrons. The molecule has 0 aromatic carbocycles. The van der Waals surface area contributed by atoms with Crippen molar-refractivity contribution < 1.29 is 0 Å². The second-order valence-corrected chi connectivity index (χ2v) is 7.09. The molecule has 0 saturated carbocycles. The highest BCUT2D eigenvalue weighted by atomic mass is 79.9. The molecule has 0 aliphatic heterocycles. The van der Waals surface area contributed by atoms with E-state index in [9.17, 15) is 0 Å². The van der Waals surface area contributed by atoms with Crippen LogP contribution in [0.3, 0.4) is 0 Å². The molecule has 0 unspecified atom stereocenters. The molecule has 1 nitrogen and oxygen atoms in total. The maximum absolute atomic E-state index is 5.94. The van der Waals surface area contributed by atoms with Crippen LogP contribution in [-0.4, -0.2) is 6.54 Å². The molecule has 14 heavy (non-hydrogen) atoms. The van der Waals surface area contributed by atoms with Gasteiger partial charge in [0.15, 0.2) is 0 Å². The predicted octanol–water partition coefficient (Wildman–Crippen LogP) is 4.30. The average molecular weight is 297 g/mol. The summed E-state index contributed by atoms with van der Waals surface area (Å²) in [6, 6.07) is 2.07. The molecule has 1 rings (SSSR count). The Morgan fingerprint density at radius 2 is 2.14 bits per heavy atom. The number of rotatable bonds is 3. The first-order chi connectivity index (χ1) is 6.38. The molecule has 1 N–H and O–H groups in total. The molecule has 0 atom stereocenters. The van der Waals surface area contributed by atoms with E-state index >= 15 is 0 Å². The minimum Gasteiger partial charge on any atom is -0.311 e. The van der Waals surface area contributed by atoms with Crippen molar-refractivity contribution in [1.82, 2.24) is 5.32 Å². The number of halogens is 2. The van der Waals surface area contributed by atoms with E-state index in [1.54, 1.807) is 11.3 Å². The van der Waals surface area contributed by atoms with Crippen LogP contribution in [0.5, 0.6) is 0 Å². The van der Waals surface area contributed by atoms with Gasteiger partial charge in [-0.05, 0) is 27.4 Å².